The molecule has 0 bridgehead atoms. The van der Waals surface area contributed by atoms with Crippen molar-refractivity contribution in [2.24, 2.45) is 0 Å². The SMILES string of the molecule is COC(=O)CCc1ccccc1N1CCNC1=O. The van der Waals surface area contributed by atoms with Gasteiger partial charge in [-0.25, -0.2) is 4.79 Å². The van der Waals surface area contributed by atoms with E-state index in [2.05, 4.69) is 10.1 Å². The molecule has 1 aliphatic rings. The molecule has 0 aromatic heterocycles. The van der Waals surface area contributed by atoms with E-state index in [0.717, 1.165) is 11.3 Å². The Morgan fingerprint density at radius 3 is 2.89 bits per heavy atom. The minimum absolute atomic E-state index is 0.0829. The molecular formula is C13H16N2O3. The van der Waals surface area contributed by atoms with Gasteiger partial charge in [0.2, 0.25) is 0 Å². The largest absolute Gasteiger partial charge is 0.469 e. The number of aryl methyl sites for hydroxylation is 1. The predicted octanol–water partition coefficient (Wildman–Crippen LogP) is 1.32. The van der Waals surface area contributed by atoms with E-state index in [1.165, 1.54) is 7.11 Å². The zero-order chi connectivity index (χ0) is 13.0. The number of urea groups is 1. The number of nitrogens with one attached hydrogen (secondary N) is 1. The third kappa shape index (κ3) is 2.61. The van der Waals surface area contributed by atoms with E-state index in [-0.39, 0.29) is 12.0 Å². The minimum atomic E-state index is -0.240. The first-order valence-corrected chi connectivity index (χ1v) is 5.92. The van der Waals surface area contributed by atoms with Crippen molar-refractivity contribution in [2.45, 2.75) is 12.8 Å². The first-order valence-electron chi connectivity index (χ1n) is 5.92. The molecule has 96 valence electrons. The average molecular weight is 248 g/mol. The van der Waals surface area contributed by atoms with Crippen LogP contribution in [0.2, 0.25) is 0 Å². The third-order valence-electron chi connectivity index (χ3n) is 2.97. The zero-order valence-corrected chi connectivity index (χ0v) is 10.3. The van der Waals surface area contributed by atoms with Crippen molar-refractivity contribution >= 4 is 17.7 Å². The van der Waals surface area contributed by atoms with Crippen molar-refractivity contribution in [2.75, 3.05) is 25.1 Å². The molecule has 18 heavy (non-hydrogen) atoms. The number of methoxy groups -OCH3 is 1. The van der Waals surface area contributed by atoms with Gasteiger partial charge in [-0.15, -0.1) is 0 Å². The summed E-state index contributed by atoms with van der Waals surface area (Å²) in [6.45, 7) is 1.32. The standard InChI is InChI=1S/C13H16N2O3/c1-18-12(16)7-6-10-4-2-3-5-11(10)15-9-8-14-13(15)17/h2-5H,6-9H2,1H3,(H,14,17). The van der Waals surface area contributed by atoms with Crippen LogP contribution in [0.5, 0.6) is 0 Å². The van der Waals surface area contributed by atoms with Crippen LogP contribution in [0, 0.1) is 0 Å². The molecule has 1 heterocycles. The zero-order valence-electron chi connectivity index (χ0n) is 10.3. The second kappa shape index (κ2) is 5.53. The first kappa shape index (κ1) is 12.4. The molecule has 1 N–H and O–H groups in total. The molecule has 1 saturated heterocycles. The summed E-state index contributed by atoms with van der Waals surface area (Å²) in [6, 6.07) is 7.55. The lowest BCUT2D eigenvalue weighted by molar-refractivity contribution is -0.140. The third-order valence-corrected chi connectivity index (χ3v) is 2.97. The lowest BCUT2D eigenvalue weighted by Gasteiger charge is -2.18. The molecule has 0 atom stereocenters. The molecule has 0 radical (unpaired) electrons. The molecule has 0 aliphatic carbocycles. The van der Waals surface area contributed by atoms with Gasteiger partial charge in [-0.05, 0) is 18.1 Å². The van der Waals surface area contributed by atoms with Crippen molar-refractivity contribution < 1.29 is 14.3 Å². The molecule has 0 saturated carbocycles. The van der Waals surface area contributed by atoms with Gasteiger partial charge in [0.1, 0.15) is 0 Å². The number of ether oxygens (including phenoxy) is 1. The number of nitrogens with zero attached hydrogens (tertiary/aromatic N) is 1. The van der Waals surface area contributed by atoms with Crippen LogP contribution in [-0.2, 0) is 16.0 Å². The number of rotatable bonds is 4. The van der Waals surface area contributed by atoms with Gasteiger partial charge in [0.05, 0.1) is 7.11 Å². The Hall–Kier alpha value is -2.04. The molecule has 5 nitrogen and oxygen atoms in total. The molecule has 0 unspecified atom stereocenters. The number of anilines is 1. The topological polar surface area (TPSA) is 58.6 Å². The number of carbonyl (C=O) groups excluding carboxylic acids is 2. The van der Waals surface area contributed by atoms with Crippen LogP contribution in [0.3, 0.4) is 0 Å². The van der Waals surface area contributed by atoms with Crippen molar-refractivity contribution in [1.29, 1.82) is 0 Å². The summed E-state index contributed by atoms with van der Waals surface area (Å²) in [5.74, 6) is -0.240. The average Bonchev–Trinajstić information content (AvgIpc) is 2.82. The van der Waals surface area contributed by atoms with E-state index >= 15 is 0 Å². The lowest BCUT2D eigenvalue weighted by atomic mass is 10.1. The highest BCUT2D eigenvalue weighted by molar-refractivity contribution is 5.94. The smallest absolute Gasteiger partial charge is 0.322 e. The van der Waals surface area contributed by atoms with Gasteiger partial charge in [-0.3, -0.25) is 9.69 Å². The van der Waals surface area contributed by atoms with E-state index in [0.29, 0.717) is 25.9 Å². The second-order valence-electron chi connectivity index (χ2n) is 4.09. The quantitative estimate of drug-likeness (QED) is 0.818. The fraction of sp³-hybridized carbons (Fsp3) is 0.385. The monoisotopic (exact) mass is 248 g/mol. The number of para-hydroxylation sites is 1. The summed E-state index contributed by atoms with van der Waals surface area (Å²) in [5, 5.41) is 2.77. The van der Waals surface area contributed by atoms with Gasteiger partial charge in [-0.1, -0.05) is 18.2 Å². The highest BCUT2D eigenvalue weighted by Crippen LogP contribution is 2.23. The maximum atomic E-state index is 11.6. The number of amides is 2. The number of benzene rings is 1. The van der Waals surface area contributed by atoms with E-state index in [1.54, 1.807) is 4.90 Å². The maximum Gasteiger partial charge on any atom is 0.322 e. The molecular weight excluding hydrogens is 232 g/mol. The first-order chi connectivity index (χ1) is 8.72. The van der Waals surface area contributed by atoms with Crippen LogP contribution in [0.25, 0.3) is 0 Å². The summed E-state index contributed by atoms with van der Waals surface area (Å²) >= 11 is 0. The summed E-state index contributed by atoms with van der Waals surface area (Å²) < 4.78 is 4.63. The summed E-state index contributed by atoms with van der Waals surface area (Å²) in [5.41, 5.74) is 1.86. The van der Waals surface area contributed by atoms with Gasteiger partial charge < -0.3 is 10.1 Å². The van der Waals surface area contributed by atoms with Crippen molar-refractivity contribution in [1.82, 2.24) is 5.32 Å². The predicted molar refractivity (Wildman–Crippen MR) is 67.5 cm³/mol. The Balaban J connectivity index is 2.15. The molecule has 2 rings (SSSR count). The summed E-state index contributed by atoms with van der Waals surface area (Å²) in [4.78, 5) is 24.5. The van der Waals surface area contributed by atoms with Gasteiger partial charge >= 0.3 is 12.0 Å². The lowest BCUT2D eigenvalue weighted by Crippen LogP contribution is -2.28. The normalized spacial score (nSPS) is 14.5. The Kier molecular flexibility index (Phi) is 3.82. The molecule has 2 amide bonds. The molecule has 1 aromatic rings. The summed E-state index contributed by atoms with van der Waals surface area (Å²) in [6.07, 6.45) is 0.898. The van der Waals surface area contributed by atoms with E-state index < -0.39 is 0 Å². The highest BCUT2D eigenvalue weighted by atomic mass is 16.5. The fourth-order valence-electron chi connectivity index (χ4n) is 2.03. The molecule has 1 aromatic carbocycles. The number of esters is 1. The van der Waals surface area contributed by atoms with Crippen LogP contribution < -0.4 is 10.2 Å². The van der Waals surface area contributed by atoms with Crippen molar-refractivity contribution in [3.63, 3.8) is 0 Å². The van der Waals surface area contributed by atoms with Crippen LogP contribution >= 0.6 is 0 Å². The highest BCUT2D eigenvalue weighted by Gasteiger charge is 2.23. The van der Waals surface area contributed by atoms with E-state index in [9.17, 15) is 9.59 Å². The van der Waals surface area contributed by atoms with Crippen LogP contribution in [0.4, 0.5) is 10.5 Å². The van der Waals surface area contributed by atoms with Crippen molar-refractivity contribution in [3.05, 3.63) is 29.8 Å². The van der Waals surface area contributed by atoms with Crippen LogP contribution in [0.1, 0.15) is 12.0 Å². The number of carbonyl (C=O) groups is 2. The number of hydrogen-bond donors (Lipinski definition) is 1. The van der Waals surface area contributed by atoms with E-state index in [1.807, 2.05) is 24.3 Å². The molecule has 0 spiro atoms. The Morgan fingerprint density at radius 2 is 2.22 bits per heavy atom. The van der Waals surface area contributed by atoms with Crippen LogP contribution in [0.15, 0.2) is 24.3 Å². The van der Waals surface area contributed by atoms with Gasteiger partial charge in [0.25, 0.3) is 0 Å². The summed E-state index contributed by atoms with van der Waals surface area (Å²) in [7, 11) is 1.38. The Morgan fingerprint density at radius 1 is 1.44 bits per heavy atom. The Labute approximate surface area is 106 Å². The fourth-order valence-corrected chi connectivity index (χ4v) is 2.03. The van der Waals surface area contributed by atoms with Gasteiger partial charge in [0, 0.05) is 25.2 Å². The molecule has 1 aliphatic heterocycles. The van der Waals surface area contributed by atoms with Crippen LogP contribution in [-0.4, -0.2) is 32.2 Å². The van der Waals surface area contributed by atoms with Gasteiger partial charge in [-0.2, -0.15) is 0 Å². The Bertz CT molecular complexity index is 459. The number of hydrogen-bond acceptors (Lipinski definition) is 3. The molecule has 1 fully saturated rings. The van der Waals surface area contributed by atoms with Crippen molar-refractivity contribution in [3.8, 4) is 0 Å². The van der Waals surface area contributed by atoms with Gasteiger partial charge in [0.15, 0.2) is 0 Å². The molecule has 5 heteroatoms. The second-order valence-corrected chi connectivity index (χ2v) is 4.09. The van der Waals surface area contributed by atoms with E-state index in [4.69, 9.17) is 0 Å². The maximum absolute atomic E-state index is 11.6. The minimum Gasteiger partial charge on any atom is -0.469 e.